The number of carbonyl (C=O) groups excluding carboxylic acids is 3. The molecule has 0 aromatic heterocycles. The molecule has 0 aromatic rings. The lowest BCUT2D eigenvalue weighted by Gasteiger charge is -2.18. The molecule has 0 aliphatic rings. The van der Waals surface area contributed by atoms with E-state index in [0.717, 1.165) is 109 Å². The normalized spacial score (nSPS) is 12.7. The highest BCUT2D eigenvalue weighted by molar-refractivity contribution is 5.71. The van der Waals surface area contributed by atoms with Gasteiger partial charge in [0.25, 0.3) is 0 Å². The summed E-state index contributed by atoms with van der Waals surface area (Å²) in [4.78, 5) is 38.0. The van der Waals surface area contributed by atoms with Crippen LogP contribution in [0.1, 0.15) is 310 Å². The minimum Gasteiger partial charge on any atom is -0.462 e. The number of hydrogen-bond donors (Lipinski definition) is 0. The first kappa shape index (κ1) is 72.3. The summed E-state index contributed by atoms with van der Waals surface area (Å²) in [5, 5.41) is 0. The van der Waals surface area contributed by atoms with Gasteiger partial charge < -0.3 is 14.2 Å². The van der Waals surface area contributed by atoms with Gasteiger partial charge >= 0.3 is 17.9 Å². The summed E-state index contributed by atoms with van der Waals surface area (Å²) in [5.74, 6) is -0.886. The van der Waals surface area contributed by atoms with Crippen molar-refractivity contribution in [3.63, 3.8) is 0 Å². The number of esters is 3. The second kappa shape index (κ2) is 63.9. The summed E-state index contributed by atoms with van der Waals surface area (Å²) in [6, 6.07) is 0. The van der Waals surface area contributed by atoms with Crippen molar-refractivity contribution in [2.75, 3.05) is 13.2 Å². The van der Waals surface area contributed by atoms with E-state index in [1.54, 1.807) is 0 Å². The fourth-order valence-corrected chi connectivity index (χ4v) is 9.01. The summed E-state index contributed by atoms with van der Waals surface area (Å²) in [6.07, 6.45) is 86.0. The quantitative estimate of drug-likeness (QED) is 0.0261. The van der Waals surface area contributed by atoms with Gasteiger partial charge in [-0.25, -0.2) is 0 Å². The SMILES string of the molecule is CC/C=C\C/C=C\C/C=C\C/C=C\C/C=C\C/C=C\CCCCCCCCCCCCCCCCCCC(=O)OCC(COC(=O)CCCCCCCC)OC(=O)CCCCCCCCC/C=C\C/C=C\CCCCC. The Morgan fingerprint density at radius 2 is 0.513 bits per heavy atom. The zero-order chi connectivity index (χ0) is 55.0. The third-order valence-electron chi connectivity index (χ3n) is 13.8. The topological polar surface area (TPSA) is 78.9 Å². The van der Waals surface area contributed by atoms with E-state index >= 15 is 0 Å². The van der Waals surface area contributed by atoms with Crippen molar-refractivity contribution < 1.29 is 28.6 Å². The molecular formula is C70H120O6. The van der Waals surface area contributed by atoms with Crippen LogP contribution < -0.4 is 0 Å². The van der Waals surface area contributed by atoms with Crippen molar-refractivity contribution in [2.24, 2.45) is 0 Å². The standard InChI is InChI=1S/C70H120O6/c1-4-7-10-13-16-18-20-22-24-26-27-28-29-30-31-32-33-34-35-36-37-38-39-40-41-42-43-45-46-48-50-52-54-57-60-63-69(72)75-66-67(65-74-68(71)62-59-56-15-12-9-6-3)76-70(73)64-61-58-55-53-51-49-47-44-25-23-21-19-17-14-11-8-5-2/h7,10,16-19,22-25,27-28,30-31,33-34,67H,4-6,8-9,11-15,20-21,26,29,32,35-66H2,1-3H3/b10-7-,18-16-,19-17-,24-22-,25-23-,28-27-,31-30-,34-33-. The van der Waals surface area contributed by atoms with Crippen molar-refractivity contribution in [2.45, 2.75) is 316 Å². The highest BCUT2D eigenvalue weighted by Gasteiger charge is 2.19. The molecule has 1 unspecified atom stereocenters. The summed E-state index contributed by atoms with van der Waals surface area (Å²) in [7, 11) is 0. The van der Waals surface area contributed by atoms with E-state index in [1.165, 1.54) is 161 Å². The Bertz CT molecular complexity index is 1490. The molecule has 0 saturated carbocycles. The predicted octanol–water partition coefficient (Wildman–Crippen LogP) is 22.0. The molecule has 0 fully saturated rings. The van der Waals surface area contributed by atoms with Crippen molar-refractivity contribution in [3.8, 4) is 0 Å². The van der Waals surface area contributed by atoms with Gasteiger partial charge in [-0.2, -0.15) is 0 Å². The van der Waals surface area contributed by atoms with E-state index in [9.17, 15) is 14.4 Å². The average Bonchev–Trinajstić information content (AvgIpc) is 3.42. The van der Waals surface area contributed by atoms with E-state index in [2.05, 4.69) is 118 Å². The third-order valence-corrected chi connectivity index (χ3v) is 13.8. The molecule has 1 atom stereocenters. The number of hydrogen-bond acceptors (Lipinski definition) is 6. The molecule has 0 spiro atoms. The van der Waals surface area contributed by atoms with Gasteiger partial charge in [0, 0.05) is 19.3 Å². The second-order valence-corrected chi connectivity index (χ2v) is 21.3. The van der Waals surface area contributed by atoms with Crippen LogP contribution >= 0.6 is 0 Å². The van der Waals surface area contributed by atoms with E-state index in [0.29, 0.717) is 19.3 Å². The van der Waals surface area contributed by atoms with Crippen molar-refractivity contribution >= 4 is 17.9 Å². The van der Waals surface area contributed by atoms with E-state index < -0.39 is 6.10 Å². The average molecular weight is 1060 g/mol. The van der Waals surface area contributed by atoms with Crippen molar-refractivity contribution in [1.82, 2.24) is 0 Å². The minimum atomic E-state index is -0.776. The maximum Gasteiger partial charge on any atom is 0.306 e. The van der Waals surface area contributed by atoms with Crippen LogP contribution in [0.2, 0.25) is 0 Å². The summed E-state index contributed by atoms with van der Waals surface area (Å²) in [5.41, 5.74) is 0. The molecule has 0 radical (unpaired) electrons. The monoisotopic (exact) mass is 1060 g/mol. The van der Waals surface area contributed by atoms with Crippen LogP contribution in [0.3, 0.4) is 0 Å². The molecule has 0 bridgehead atoms. The highest BCUT2D eigenvalue weighted by Crippen LogP contribution is 2.16. The first-order valence-corrected chi connectivity index (χ1v) is 32.2. The predicted molar refractivity (Wildman–Crippen MR) is 330 cm³/mol. The molecule has 6 heteroatoms. The number of ether oxygens (including phenoxy) is 3. The maximum absolute atomic E-state index is 12.8. The Labute approximate surface area is 470 Å². The Hall–Kier alpha value is -3.67. The zero-order valence-electron chi connectivity index (χ0n) is 50.0. The van der Waals surface area contributed by atoms with Crippen molar-refractivity contribution in [1.29, 1.82) is 0 Å². The van der Waals surface area contributed by atoms with Crippen molar-refractivity contribution in [3.05, 3.63) is 97.2 Å². The molecule has 0 aliphatic carbocycles. The summed E-state index contributed by atoms with van der Waals surface area (Å²) < 4.78 is 16.8. The first-order chi connectivity index (χ1) is 37.5. The lowest BCUT2D eigenvalue weighted by molar-refractivity contribution is -0.167. The van der Waals surface area contributed by atoms with E-state index in [-0.39, 0.29) is 31.1 Å². The lowest BCUT2D eigenvalue weighted by Crippen LogP contribution is -2.30. The highest BCUT2D eigenvalue weighted by atomic mass is 16.6. The molecule has 436 valence electrons. The Morgan fingerprint density at radius 3 is 0.829 bits per heavy atom. The molecule has 0 amide bonds. The number of allylic oxidation sites excluding steroid dienone is 16. The van der Waals surface area contributed by atoms with Gasteiger partial charge in [0.1, 0.15) is 13.2 Å². The molecule has 0 N–H and O–H groups in total. The molecule has 6 nitrogen and oxygen atoms in total. The van der Waals surface area contributed by atoms with Gasteiger partial charge in [-0.15, -0.1) is 0 Å². The fourth-order valence-electron chi connectivity index (χ4n) is 9.01. The second-order valence-electron chi connectivity index (χ2n) is 21.3. The summed E-state index contributed by atoms with van der Waals surface area (Å²) in [6.45, 7) is 6.45. The van der Waals surface area contributed by atoms with Gasteiger partial charge in [-0.1, -0.05) is 285 Å². The molecular weight excluding hydrogens is 937 g/mol. The third kappa shape index (κ3) is 61.2. The lowest BCUT2D eigenvalue weighted by atomic mass is 10.0. The molecule has 0 aliphatic heterocycles. The molecule has 0 heterocycles. The Kier molecular flexibility index (Phi) is 60.8. The first-order valence-electron chi connectivity index (χ1n) is 32.2. The van der Waals surface area contributed by atoms with Crippen LogP contribution in [-0.2, 0) is 28.6 Å². The maximum atomic E-state index is 12.8. The number of carbonyl (C=O) groups is 3. The van der Waals surface area contributed by atoms with Gasteiger partial charge in [0.2, 0.25) is 0 Å². The summed E-state index contributed by atoms with van der Waals surface area (Å²) >= 11 is 0. The Morgan fingerprint density at radius 1 is 0.276 bits per heavy atom. The molecule has 0 saturated heterocycles. The molecule has 0 rings (SSSR count). The van der Waals surface area contributed by atoms with E-state index in [4.69, 9.17) is 14.2 Å². The van der Waals surface area contributed by atoms with Gasteiger partial charge in [0.15, 0.2) is 6.10 Å². The van der Waals surface area contributed by atoms with E-state index in [1.807, 2.05) is 0 Å². The van der Waals surface area contributed by atoms with Crippen LogP contribution in [0.15, 0.2) is 97.2 Å². The van der Waals surface area contributed by atoms with Crippen LogP contribution in [0.4, 0.5) is 0 Å². The number of unbranched alkanes of at least 4 members (excludes halogenated alkanes) is 31. The van der Waals surface area contributed by atoms with Crippen LogP contribution in [0.5, 0.6) is 0 Å². The largest absolute Gasteiger partial charge is 0.462 e. The molecule has 0 aromatic carbocycles. The fraction of sp³-hybridized carbons (Fsp3) is 0.729. The smallest absolute Gasteiger partial charge is 0.306 e. The van der Waals surface area contributed by atoms with Gasteiger partial charge in [-0.05, 0) is 103 Å². The van der Waals surface area contributed by atoms with Crippen LogP contribution in [0, 0.1) is 0 Å². The van der Waals surface area contributed by atoms with Crippen LogP contribution in [-0.4, -0.2) is 37.2 Å². The number of rotatable bonds is 58. The van der Waals surface area contributed by atoms with Gasteiger partial charge in [0.05, 0.1) is 0 Å². The van der Waals surface area contributed by atoms with Crippen LogP contribution in [0.25, 0.3) is 0 Å². The Balaban J connectivity index is 3.99. The minimum absolute atomic E-state index is 0.0773. The van der Waals surface area contributed by atoms with Gasteiger partial charge in [-0.3, -0.25) is 14.4 Å². The zero-order valence-corrected chi connectivity index (χ0v) is 50.0. The molecule has 76 heavy (non-hydrogen) atoms.